The number of benzene rings is 1. The second kappa shape index (κ2) is 6.65. The average Bonchev–Trinajstić information content (AvgIpc) is 2.38. The summed E-state index contributed by atoms with van der Waals surface area (Å²) in [5.41, 5.74) is 6.16. The third-order valence-corrected chi connectivity index (χ3v) is 5.70. The van der Waals surface area contributed by atoms with Crippen molar-refractivity contribution in [2.75, 3.05) is 13.1 Å². The van der Waals surface area contributed by atoms with E-state index < -0.39 is 10.0 Å². The number of thiocarbonyl (C=S) groups is 1. The topological polar surface area (TPSA) is 63.4 Å². The summed E-state index contributed by atoms with van der Waals surface area (Å²) in [6, 6.07) is 6.59. The maximum absolute atomic E-state index is 12.7. The molecule has 1 saturated heterocycles. The fraction of sp³-hybridized carbons (Fsp3) is 0.500. The summed E-state index contributed by atoms with van der Waals surface area (Å²) >= 11 is 4.91. The molecule has 0 saturated carbocycles. The van der Waals surface area contributed by atoms with Crippen molar-refractivity contribution in [3.8, 4) is 0 Å². The van der Waals surface area contributed by atoms with Gasteiger partial charge in [-0.15, -0.1) is 0 Å². The predicted octanol–water partition coefficient (Wildman–Crippen LogP) is 2.28. The first-order chi connectivity index (χ1) is 9.51. The molecule has 1 fully saturated rings. The molecule has 4 nitrogen and oxygen atoms in total. The molecule has 1 aliphatic rings. The zero-order valence-electron chi connectivity index (χ0n) is 11.4. The van der Waals surface area contributed by atoms with E-state index in [0.29, 0.717) is 18.7 Å². The number of nitrogens with zero attached hydrogens (tertiary/aromatic N) is 1. The van der Waals surface area contributed by atoms with E-state index in [1.165, 1.54) is 6.42 Å². The molecule has 1 aromatic rings. The molecule has 2 N–H and O–H groups in total. The lowest BCUT2D eigenvalue weighted by molar-refractivity contribution is 0.364. The fourth-order valence-corrected chi connectivity index (χ4v) is 4.11. The molecule has 0 aliphatic carbocycles. The molecular formula is C14H20N2O2S2. The van der Waals surface area contributed by atoms with Crippen molar-refractivity contribution in [3.05, 3.63) is 29.8 Å². The first kappa shape index (κ1) is 15.4. The summed E-state index contributed by atoms with van der Waals surface area (Å²) in [5.74, 6) is 0. The minimum absolute atomic E-state index is 0.217. The van der Waals surface area contributed by atoms with E-state index in [9.17, 15) is 8.42 Å². The molecule has 1 aromatic carbocycles. The molecular weight excluding hydrogens is 292 g/mol. The summed E-state index contributed by atoms with van der Waals surface area (Å²) in [6.07, 6.45) is 5.24. The van der Waals surface area contributed by atoms with E-state index in [1.54, 1.807) is 28.6 Å². The van der Waals surface area contributed by atoms with Crippen LogP contribution in [0, 0.1) is 0 Å². The second-order valence-electron chi connectivity index (χ2n) is 5.06. The molecule has 1 aliphatic heterocycles. The Morgan fingerprint density at radius 3 is 2.30 bits per heavy atom. The van der Waals surface area contributed by atoms with Crippen LogP contribution < -0.4 is 5.73 Å². The lowest BCUT2D eigenvalue weighted by Gasteiger charge is -2.24. The van der Waals surface area contributed by atoms with Crippen LogP contribution in [-0.2, 0) is 10.0 Å². The van der Waals surface area contributed by atoms with Gasteiger partial charge in [0.05, 0.1) is 4.90 Å². The Morgan fingerprint density at radius 2 is 1.70 bits per heavy atom. The molecule has 0 spiro atoms. The van der Waals surface area contributed by atoms with Crippen LogP contribution in [0.3, 0.4) is 0 Å². The van der Waals surface area contributed by atoms with E-state index in [0.717, 1.165) is 25.7 Å². The Hall–Kier alpha value is -0.980. The van der Waals surface area contributed by atoms with E-state index >= 15 is 0 Å². The Kier molecular flexibility index (Phi) is 5.12. The summed E-state index contributed by atoms with van der Waals surface area (Å²) in [7, 11) is -3.44. The van der Waals surface area contributed by atoms with Gasteiger partial charge in [-0.25, -0.2) is 8.42 Å². The van der Waals surface area contributed by atoms with Crippen LogP contribution in [-0.4, -0.2) is 30.8 Å². The third-order valence-electron chi connectivity index (χ3n) is 3.57. The first-order valence-corrected chi connectivity index (χ1v) is 8.76. The lowest BCUT2D eigenvalue weighted by atomic mass is 10.1. The molecule has 0 aromatic heterocycles. The SMILES string of the molecule is NC(=S)c1cccc(S(=O)(=O)N2CCCCCCC2)c1. The van der Waals surface area contributed by atoms with Crippen molar-refractivity contribution in [2.24, 2.45) is 5.73 Å². The van der Waals surface area contributed by atoms with Crippen molar-refractivity contribution < 1.29 is 8.42 Å². The smallest absolute Gasteiger partial charge is 0.243 e. The minimum atomic E-state index is -3.44. The standard InChI is InChI=1S/C14H20N2O2S2/c15-14(19)12-7-6-8-13(11-12)20(17,18)16-9-4-2-1-3-5-10-16/h6-8,11H,1-5,9-10H2,(H2,15,19). The summed E-state index contributed by atoms with van der Waals surface area (Å²) in [6.45, 7) is 1.19. The van der Waals surface area contributed by atoms with Crippen molar-refractivity contribution >= 4 is 27.2 Å². The molecule has 0 radical (unpaired) electrons. The fourth-order valence-electron chi connectivity index (χ4n) is 2.42. The maximum atomic E-state index is 12.7. The molecule has 0 amide bonds. The van der Waals surface area contributed by atoms with Gasteiger partial charge < -0.3 is 5.73 Å². The molecule has 0 bridgehead atoms. The Labute approximate surface area is 126 Å². The van der Waals surface area contributed by atoms with Gasteiger partial charge in [0.2, 0.25) is 10.0 Å². The highest BCUT2D eigenvalue weighted by atomic mass is 32.2. The zero-order chi connectivity index (χ0) is 14.6. The molecule has 6 heteroatoms. The number of hydrogen-bond acceptors (Lipinski definition) is 3. The molecule has 20 heavy (non-hydrogen) atoms. The third kappa shape index (κ3) is 3.56. The zero-order valence-corrected chi connectivity index (χ0v) is 13.0. The maximum Gasteiger partial charge on any atom is 0.243 e. The van der Waals surface area contributed by atoms with Crippen LogP contribution >= 0.6 is 12.2 Å². The van der Waals surface area contributed by atoms with Crippen molar-refractivity contribution in [1.29, 1.82) is 0 Å². The first-order valence-electron chi connectivity index (χ1n) is 6.92. The van der Waals surface area contributed by atoms with E-state index in [-0.39, 0.29) is 9.88 Å². The van der Waals surface area contributed by atoms with Crippen molar-refractivity contribution in [2.45, 2.75) is 37.0 Å². The van der Waals surface area contributed by atoms with Crippen LogP contribution in [0.25, 0.3) is 0 Å². The van der Waals surface area contributed by atoms with Crippen molar-refractivity contribution in [1.82, 2.24) is 4.31 Å². The van der Waals surface area contributed by atoms with Gasteiger partial charge in [-0.05, 0) is 25.0 Å². The molecule has 110 valence electrons. The number of nitrogens with two attached hydrogens (primary N) is 1. The van der Waals surface area contributed by atoms with Gasteiger partial charge >= 0.3 is 0 Å². The largest absolute Gasteiger partial charge is 0.389 e. The lowest BCUT2D eigenvalue weighted by Crippen LogP contribution is -2.34. The van der Waals surface area contributed by atoms with Crippen LogP contribution in [0.1, 0.15) is 37.7 Å². The predicted molar refractivity (Wildman–Crippen MR) is 84.2 cm³/mol. The van der Waals surface area contributed by atoms with E-state index in [2.05, 4.69) is 0 Å². The van der Waals surface area contributed by atoms with Gasteiger partial charge in [-0.3, -0.25) is 0 Å². The number of rotatable bonds is 3. The van der Waals surface area contributed by atoms with E-state index in [4.69, 9.17) is 18.0 Å². The number of hydrogen-bond donors (Lipinski definition) is 1. The summed E-state index contributed by atoms with van der Waals surface area (Å²) in [4.78, 5) is 0.498. The van der Waals surface area contributed by atoms with Gasteiger partial charge in [0.25, 0.3) is 0 Å². The van der Waals surface area contributed by atoms with Gasteiger partial charge in [0.1, 0.15) is 4.99 Å². The summed E-state index contributed by atoms with van der Waals surface area (Å²) in [5, 5.41) is 0. The monoisotopic (exact) mass is 312 g/mol. The highest BCUT2D eigenvalue weighted by Crippen LogP contribution is 2.20. The molecule has 2 rings (SSSR count). The van der Waals surface area contributed by atoms with Crippen molar-refractivity contribution in [3.63, 3.8) is 0 Å². The average molecular weight is 312 g/mol. The normalized spacial score (nSPS) is 18.2. The minimum Gasteiger partial charge on any atom is -0.389 e. The van der Waals surface area contributed by atoms with E-state index in [1.807, 2.05) is 0 Å². The van der Waals surface area contributed by atoms with Crippen LogP contribution in [0.5, 0.6) is 0 Å². The highest BCUT2D eigenvalue weighted by molar-refractivity contribution is 7.89. The molecule has 1 heterocycles. The number of sulfonamides is 1. The van der Waals surface area contributed by atoms with Gasteiger partial charge in [-0.1, -0.05) is 43.6 Å². The van der Waals surface area contributed by atoms with Crippen LogP contribution in [0.4, 0.5) is 0 Å². The Bertz CT molecular complexity index is 577. The summed E-state index contributed by atoms with van der Waals surface area (Å²) < 4.78 is 26.9. The second-order valence-corrected chi connectivity index (χ2v) is 7.44. The van der Waals surface area contributed by atoms with Crippen LogP contribution in [0.15, 0.2) is 29.2 Å². The Balaban J connectivity index is 2.28. The van der Waals surface area contributed by atoms with Gasteiger partial charge in [-0.2, -0.15) is 4.31 Å². The van der Waals surface area contributed by atoms with Gasteiger partial charge in [0, 0.05) is 18.7 Å². The van der Waals surface area contributed by atoms with Crippen LogP contribution in [0.2, 0.25) is 0 Å². The molecule has 0 atom stereocenters. The molecule has 0 unspecified atom stereocenters. The van der Waals surface area contributed by atoms with Gasteiger partial charge in [0.15, 0.2) is 0 Å². The quantitative estimate of drug-likeness (QED) is 0.870. The Morgan fingerprint density at radius 1 is 1.10 bits per heavy atom. The highest BCUT2D eigenvalue weighted by Gasteiger charge is 2.24.